The number of H-pyrrole nitrogens is 1. The summed E-state index contributed by atoms with van der Waals surface area (Å²) in [5, 5.41) is 3.92. The number of benzene rings is 1. The monoisotopic (exact) mass is 557 g/mol. The van der Waals surface area contributed by atoms with Crippen molar-refractivity contribution in [1.82, 2.24) is 29.7 Å². The van der Waals surface area contributed by atoms with E-state index in [-0.39, 0.29) is 11.9 Å². The number of anilines is 1. The van der Waals surface area contributed by atoms with Gasteiger partial charge in [-0.2, -0.15) is 4.98 Å². The van der Waals surface area contributed by atoms with E-state index in [1.54, 1.807) is 0 Å². The second kappa shape index (κ2) is 11.4. The van der Waals surface area contributed by atoms with Gasteiger partial charge in [0, 0.05) is 19.0 Å². The van der Waals surface area contributed by atoms with E-state index in [9.17, 15) is 4.79 Å². The Morgan fingerprint density at radius 2 is 1.78 bits per heavy atom. The second-order valence-corrected chi connectivity index (χ2v) is 12.2. The maximum atomic E-state index is 11.8. The Balaban J connectivity index is 1.41. The van der Waals surface area contributed by atoms with E-state index in [4.69, 9.17) is 24.2 Å². The number of nitrogens with zero attached hydrogens (tertiary/aromatic N) is 6. The molecule has 41 heavy (non-hydrogen) atoms. The molecule has 1 saturated heterocycles. The predicted molar refractivity (Wildman–Crippen MR) is 156 cm³/mol. The molecule has 4 heterocycles. The summed E-state index contributed by atoms with van der Waals surface area (Å²) < 4.78 is 13.3. The lowest BCUT2D eigenvalue weighted by Crippen LogP contribution is -2.41. The number of nitrogens with one attached hydrogen (secondary N) is 1. The van der Waals surface area contributed by atoms with Gasteiger partial charge in [0.25, 0.3) is 0 Å². The minimum atomic E-state index is -0.611. The molecule has 10 heteroatoms. The van der Waals surface area contributed by atoms with Crippen LogP contribution in [0.1, 0.15) is 87.9 Å². The normalized spacial score (nSPS) is 24.2. The molecule has 1 N–H and O–H groups in total. The summed E-state index contributed by atoms with van der Waals surface area (Å²) in [6, 6.07) is 10.6. The van der Waals surface area contributed by atoms with Crippen LogP contribution in [0.2, 0.25) is 0 Å². The van der Waals surface area contributed by atoms with Gasteiger partial charge >= 0.3 is 5.76 Å². The van der Waals surface area contributed by atoms with Gasteiger partial charge in [-0.05, 0) is 43.1 Å². The molecule has 4 aromatic rings. The van der Waals surface area contributed by atoms with Crippen LogP contribution in [-0.2, 0) is 11.3 Å². The van der Waals surface area contributed by atoms with Gasteiger partial charge in [0.15, 0.2) is 5.65 Å². The molecule has 1 atom stereocenters. The van der Waals surface area contributed by atoms with E-state index in [2.05, 4.69) is 56.9 Å². The Labute approximate surface area is 239 Å². The number of aromatic amines is 1. The third-order valence-corrected chi connectivity index (χ3v) is 9.40. The molecule has 2 saturated carbocycles. The smallest absolute Gasteiger partial charge is 0.377 e. The van der Waals surface area contributed by atoms with Crippen LogP contribution >= 0.6 is 0 Å². The van der Waals surface area contributed by atoms with Gasteiger partial charge in [-0.15, -0.1) is 0 Å². The maximum absolute atomic E-state index is 11.8. The van der Waals surface area contributed by atoms with E-state index in [1.165, 1.54) is 50.5 Å². The summed E-state index contributed by atoms with van der Waals surface area (Å²) in [6.07, 6.45) is 10.8. The Hall–Kier alpha value is -3.53. The van der Waals surface area contributed by atoms with Gasteiger partial charge < -0.3 is 14.2 Å². The van der Waals surface area contributed by atoms with E-state index in [0.717, 1.165) is 49.0 Å². The van der Waals surface area contributed by atoms with E-state index in [1.807, 2.05) is 0 Å². The summed E-state index contributed by atoms with van der Waals surface area (Å²) >= 11 is 0. The molecule has 3 fully saturated rings. The number of morpholine rings is 1. The highest BCUT2D eigenvalue weighted by Crippen LogP contribution is 2.40. The fourth-order valence-corrected chi connectivity index (χ4v) is 7.10. The average Bonchev–Trinajstić information content (AvgIpc) is 3.62. The number of hydrogen-bond acceptors (Lipinski definition) is 8. The average molecular weight is 558 g/mol. The minimum absolute atomic E-state index is 0.0596. The second-order valence-electron chi connectivity index (χ2n) is 12.2. The Kier molecular flexibility index (Phi) is 7.33. The van der Waals surface area contributed by atoms with Crippen LogP contribution in [0, 0.1) is 11.8 Å². The van der Waals surface area contributed by atoms with Gasteiger partial charge in [-0.25, -0.2) is 14.8 Å². The lowest BCUT2D eigenvalue weighted by molar-refractivity contribution is 0.0927. The van der Waals surface area contributed by atoms with Crippen molar-refractivity contribution in [3.05, 3.63) is 52.1 Å². The highest BCUT2D eigenvalue weighted by molar-refractivity contribution is 5.80. The summed E-state index contributed by atoms with van der Waals surface area (Å²) in [7, 11) is 0. The van der Waals surface area contributed by atoms with Crippen LogP contribution in [0.15, 0.2) is 39.6 Å². The van der Waals surface area contributed by atoms with Crippen LogP contribution < -0.4 is 10.7 Å². The molecule has 216 valence electrons. The van der Waals surface area contributed by atoms with Crippen LogP contribution in [0.4, 0.5) is 5.95 Å². The lowest BCUT2D eigenvalue weighted by Gasteiger charge is -2.37. The molecule has 1 aliphatic heterocycles. The molecule has 7 rings (SSSR count). The van der Waals surface area contributed by atoms with Crippen molar-refractivity contribution in [2.75, 3.05) is 24.7 Å². The topological polar surface area (TPSA) is 115 Å². The van der Waals surface area contributed by atoms with Gasteiger partial charge in [-0.3, -0.25) is 9.51 Å². The quantitative estimate of drug-likeness (QED) is 0.325. The van der Waals surface area contributed by atoms with Crippen molar-refractivity contribution in [3.63, 3.8) is 0 Å². The number of imidazole rings is 1. The van der Waals surface area contributed by atoms with Crippen molar-refractivity contribution in [2.24, 2.45) is 11.8 Å². The molecule has 2 aliphatic carbocycles. The molecule has 0 unspecified atom stereocenters. The molecular formula is C31H39N7O3. The molecule has 0 amide bonds. The largest absolute Gasteiger partial charge is 0.439 e. The first kappa shape index (κ1) is 26.4. The van der Waals surface area contributed by atoms with Crippen molar-refractivity contribution >= 4 is 17.1 Å². The fraction of sp³-hybridized carbons (Fsp3) is 0.581. The van der Waals surface area contributed by atoms with Crippen molar-refractivity contribution < 1.29 is 9.26 Å². The van der Waals surface area contributed by atoms with Crippen molar-refractivity contribution in [2.45, 2.75) is 83.2 Å². The van der Waals surface area contributed by atoms with Crippen LogP contribution in [0.5, 0.6) is 0 Å². The highest BCUT2D eigenvalue weighted by Gasteiger charge is 2.33. The molecular weight excluding hydrogens is 518 g/mol. The Morgan fingerprint density at radius 3 is 2.54 bits per heavy atom. The first-order valence-electron chi connectivity index (χ1n) is 15.4. The predicted octanol–water partition coefficient (Wildman–Crippen LogP) is 5.62. The minimum Gasteiger partial charge on any atom is -0.377 e. The molecule has 0 bridgehead atoms. The van der Waals surface area contributed by atoms with E-state index >= 15 is 0 Å². The van der Waals surface area contributed by atoms with Crippen molar-refractivity contribution in [3.8, 4) is 11.6 Å². The van der Waals surface area contributed by atoms with Gasteiger partial charge in [0.05, 0.1) is 24.9 Å². The van der Waals surface area contributed by atoms with E-state index in [0.29, 0.717) is 36.5 Å². The van der Waals surface area contributed by atoms with Gasteiger partial charge in [0.2, 0.25) is 17.6 Å². The molecule has 0 spiro atoms. The number of ether oxygens (including phenoxy) is 1. The molecule has 0 radical (unpaired) electrons. The fourth-order valence-electron chi connectivity index (χ4n) is 7.10. The number of aromatic nitrogens is 6. The zero-order chi connectivity index (χ0) is 27.8. The number of rotatable bonds is 6. The molecule has 10 nitrogen and oxygen atoms in total. The Bertz CT molecular complexity index is 1530. The summed E-state index contributed by atoms with van der Waals surface area (Å²) in [5.74, 6) is 2.64. The molecule has 3 aromatic heterocycles. The Morgan fingerprint density at radius 1 is 0.976 bits per heavy atom. The van der Waals surface area contributed by atoms with Crippen molar-refractivity contribution in [1.29, 1.82) is 0 Å². The van der Waals surface area contributed by atoms with Crippen LogP contribution in [-0.4, -0.2) is 49.4 Å². The van der Waals surface area contributed by atoms with E-state index < -0.39 is 5.76 Å². The summed E-state index contributed by atoms with van der Waals surface area (Å²) in [5.41, 5.74) is 3.95. The van der Waals surface area contributed by atoms with Gasteiger partial charge in [-0.1, -0.05) is 74.5 Å². The van der Waals surface area contributed by atoms with Crippen LogP contribution in [0.25, 0.3) is 22.8 Å². The molecule has 3 aliphatic rings. The standard InChI is InChI=1S/C31H39N7O3/c1-20-12-14-21(15-13-20)18-38-26-25(23-10-6-3-7-11-23)32-28(29-35-31(39)41-36-29)33-27(26)34-30(38)37-16-17-40-19-24(37)22-8-4-2-5-9-22/h2,4-5,8-9,20-21,23-24H,3,6-7,10-19H2,1H3,(H,35,36,39)/t20?,21?,24-/m0/s1. The first-order valence-corrected chi connectivity index (χ1v) is 15.4. The number of fused-ring (bicyclic) bond motifs is 1. The molecule has 1 aromatic carbocycles. The third-order valence-electron chi connectivity index (χ3n) is 9.40. The van der Waals surface area contributed by atoms with Crippen LogP contribution in [0.3, 0.4) is 0 Å². The third kappa shape index (κ3) is 5.29. The summed E-state index contributed by atoms with van der Waals surface area (Å²) in [6.45, 7) is 5.29. The highest BCUT2D eigenvalue weighted by atomic mass is 16.5. The number of hydrogen-bond donors (Lipinski definition) is 1. The zero-order valence-corrected chi connectivity index (χ0v) is 23.8. The zero-order valence-electron chi connectivity index (χ0n) is 23.8. The van der Waals surface area contributed by atoms with Gasteiger partial charge in [0.1, 0.15) is 5.52 Å². The SMILES string of the molecule is CC1CCC(Cn2c(N3CCOC[C@H]3c3ccccc3)nc3nc(-c4noc(=O)[nH]4)nc(C4CCCCC4)c32)CC1. The first-order chi connectivity index (χ1) is 20.1. The lowest BCUT2D eigenvalue weighted by atomic mass is 9.83. The summed E-state index contributed by atoms with van der Waals surface area (Å²) in [4.78, 5) is 32.2. The maximum Gasteiger partial charge on any atom is 0.439 e.